The first kappa shape index (κ1) is 17.1. The molecule has 0 bridgehead atoms. The van der Waals surface area contributed by atoms with Crippen LogP contribution in [0.1, 0.15) is 48.7 Å². The molecular weight excluding hydrogens is 301 g/mol. The van der Waals surface area contributed by atoms with E-state index in [1.807, 2.05) is 6.92 Å². The summed E-state index contributed by atoms with van der Waals surface area (Å²) in [5.74, 6) is -1.85. The van der Waals surface area contributed by atoms with Gasteiger partial charge in [-0.15, -0.1) is 0 Å². The van der Waals surface area contributed by atoms with Crippen LogP contribution in [0, 0.1) is 5.82 Å². The molecule has 6 heteroatoms. The number of carbonyl (C=O) groups is 2. The number of halogens is 1. The van der Waals surface area contributed by atoms with Crippen LogP contribution in [-0.2, 0) is 9.53 Å². The maximum Gasteiger partial charge on any atom is 0.315 e. The summed E-state index contributed by atoms with van der Waals surface area (Å²) in [5, 5.41) is 0.411. The van der Waals surface area contributed by atoms with Gasteiger partial charge in [-0.3, -0.25) is 9.59 Å². The van der Waals surface area contributed by atoms with Crippen LogP contribution in [0.15, 0.2) is 22.6 Å². The highest BCUT2D eigenvalue weighted by atomic mass is 19.1. The van der Waals surface area contributed by atoms with Crippen molar-refractivity contribution in [1.82, 2.24) is 0 Å². The number of unbranched alkanes of at least 4 members (excludes halogenated alkanes) is 1. The van der Waals surface area contributed by atoms with Crippen LogP contribution in [0.3, 0.4) is 0 Å². The van der Waals surface area contributed by atoms with Crippen LogP contribution in [0.5, 0.6) is 0 Å². The summed E-state index contributed by atoms with van der Waals surface area (Å²) in [6, 6.07) is 3.28. The number of aldehydes is 1. The molecule has 0 saturated heterocycles. The highest BCUT2D eigenvalue weighted by Crippen LogP contribution is 2.31. The van der Waals surface area contributed by atoms with Gasteiger partial charge in [-0.2, -0.15) is 0 Å². The Kier molecular flexibility index (Phi) is 5.50. The number of esters is 1. The first-order chi connectivity index (χ1) is 11.0. The Balaban J connectivity index is 2.46. The van der Waals surface area contributed by atoms with Crippen molar-refractivity contribution in [2.45, 2.75) is 38.6 Å². The average molecular weight is 321 g/mol. The van der Waals surface area contributed by atoms with E-state index in [4.69, 9.17) is 14.9 Å². The van der Waals surface area contributed by atoms with Gasteiger partial charge in [0.1, 0.15) is 17.3 Å². The van der Waals surface area contributed by atoms with Gasteiger partial charge in [0.15, 0.2) is 12.0 Å². The van der Waals surface area contributed by atoms with E-state index in [0.29, 0.717) is 17.2 Å². The van der Waals surface area contributed by atoms with Gasteiger partial charge in [-0.25, -0.2) is 4.39 Å². The van der Waals surface area contributed by atoms with Crippen molar-refractivity contribution in [3.05, 3.63) is 35.3 Å². The molecule has 1 heterocycles. The third-order valence-corrected chi connectivity index (χ3v) is 3.60. The van der Waals surface area contributed by atoms with E-state index in [9.17, 15) is 14.0 Å². The smallest absolute Gasteiger partial charge is 0.315 e. The van der Waals surface area contributed by atoms with Gasteiger partial charge in [0.05, 0.1) is 6.61 Å². The van der Waals surface area contributed by atoms with Gasteiger partial charge in [0.25, 0.3) is 0 Å². The number of hydrogen-bond acceptors (Lipinski definition) is 5. The first-order valence-corrected chi connectivity index (χ1v) is 7.58. The van der Waals surface area contributed by atoms with Crippen LogP contribution in [-0.4, -0.2) is 24.9 Å². The minimum atomic E-state index is -0.865. The highest BCUT2D eigenvalue weighted by molar-refractivity contribution is 5.91. The Labute approximate surface area is 133 Å². The molecule has 23 heavy (non-hydrogen) atoms. The largest absolute Gasteiger partial charge is 0.465 e. The van der Waals surface area contributed by atoms with Crippen LogP contribution in [0.25, 0.3) is 11.0 Å². The van der Waals surface area contributed by atoms with Gasteiger partial charge < -0.3 is 14.9 Å². The minimum absolute atomic E-state index is 0.0645. The van der Waals surface area contributed by atoms with Crippen LogP contribution in [0.4, 0.5) is 4.39 Å². The van der Waals surface area contributed by atoms with E-state index in [1.165, 1.54) is 18.2 Å². The summed E-state index contributed by atoms with van der Waals surface area (Å²) in [6.07, 6.45) is 2.16. The lowest BCUT2D eigenvalue weighted by atomic mass is 9.91. The maximum atomic E-state index is 13.9. The number of rotatable bonds is 7. The quantitative estimate of drug-likeness (QED) is 0.481. The maximum absolute atomic E-state index is 13.9. The lowest BCUT2D eigenvalue weighted by Gasteiger charge is -2.20. The van der Waals surface area contributed by atoms with Crippen LogP contribution >= 0.6 is 0 Å². The molecule has 0 amide bonds. The van der Waals surface area contributed by atoms with E-state index < -0.39 is 23.7 Å². The minimum Gasteiger partial charge on any atom is -0.465 e. The Morgan fingerprint density at radius 1 is 1.43 bits per heavy atom. The Bertz CT molecular complexity index is 708. The molecule has 0 saturated carbocycles. The molecule has 2 atom stereocenters. The standard InChI is InChI=1S/C17H20FNO4/c1-3-4-5-22-17(21)15(10(2)19)14-8-12(18)6-11-7-13(9-20)23-16(11)14/h6-10,15H,3-5,19H2,1-2H3. The third kappa shape index (κ3) is 3.76. The molecule has 2 aromatic rings. The number of furan rings is 1. The molecule has 0 spiro atoms. The molecule has 0 aliphatic rings. The molecule has 0 aliphatic heterocycles. The molecule has 124 valence electrons. The van der Waals surface area contributed by atoms with Gasteiger partial charge in [0.2, 0.25) is 0 Å². The van der Waals surface area contributed by atoms with Crippen LogP contribution < -0.4 is 5.73 Å². The second-order valence-electron chi connectivity index (χ2n) is 5.54. The molecule has 5 nitrogen and oxygen atoms in total. The van der Waals surface area contributed by atoms with Crippen molar-refractivity contribution in [3.63, 3.8) is 0 Å². The van der Waals surface area contributed by atoms with Crippen molar-refractivity contribution >= 4 is 23.2 Å². The van der Waals surface area contributed by atoms with E-state index in [1.54, 1.807) is 6.92 Å². The summed E-state index contributed by atoms with van der Waals surface area (Å²) >= 11 is 0. The molecule has 1 aromatic heterocycles. The van der Waals surface area contributed by atoms with Crippen molar-refractivity contribution in [2.24, 2.45) is 5.73 Å². The summed E-state index contributed by atoms with van der Waals surface area (Å²) in [6.45, 7) is 3.91. The topological polar surface area (TPSA) is 82.5 Å². The van der Waals surface area contributed by atoms with E-state index in [-0.39, 0.29) is 18.0 Å². The number of nitrogens with two attached hydrogens (primary N) is 1. The molecule has 2 rings (SSSR count). The monoisotopic (exact) mass is 321 g/mol. The van der Waals surface area contributed by atoms with Gasteiger partial charge in [-0.1, -0.05) is 13.3 Å². The van der Waals surface area contributed by atoms with Crippen molar-refractivity contribution in [3.8, 4) is 0 Å². The second kappa shape index (κ2) is 7.37. The summed E-state index contributed by atoms with van der Waals surface area (Å²) < 4.78 is 24.5. The fourth-order valence-electron chi connectivity index (χ4n) is 2.48. The zero-order valence-corrected chi connectivity index (χ0v) is 13.2. The fraction of sp³-hybridized carbons (Fsp3) is 0.412. The Morgan fingerprint density at radius 2 is 2.17 bits per heavy atom. The SMILES string of the molecule is CCCCOC(=O)C(c1cc(F)cc2cc(C=O)oc12)C(C)N. The summed E-state index contributed by atoms with van der Waals surface area (Å²) in [5.41, 5.74) is 6.50. The molecule has 2 N–H and O–H groups in total. The summed E-state index contributed by atoms with van der Waals surface area (Å²) in [7, 11) is 0. The predicted octanol–water partition coefficient (Wildman–Crippen LogP) is 3.16. The van der Waals surface area contributed by atoms with E-state index in [2.05, 4.69) is 0 Å². The highest BCUT2D eigenvalue weighted by Gasteiger charge is 2.30. The van der Waals surface area contributed by atoms with E-state index >= 15 is 0 Å². The zero-order chi connectivity index (χ0) is 17.0. The van der Waals surface area contributed by atoms with Crippen molar-refractivity contribution in [1.29, 1.82) is 0 Å². The molecule has 0 aliphatic carbocycles. The number of benzene rings is 1. The molecule has 2 unspecified atom stereocenters. The second-order valence-corrected chi connectivity index (χ2v) is 5.54. The lowest BCUT2D eigenvalue weighted by Crippen LogP contribution is -2.32. The molecule has 0 fully saturated rings. The van der Waals surface area contributed by atoms with Crippen LogP contribution in [0.2, 0.25) is 0 Å². The van der Waals surface area contributed by atoms with E-state index in [0.717, 1.165) is 12.8 Å². The van der Waals surface area contributed by atoms with Crippen molar-refractivity contribution in [2.75, 3.05) is 6.61 Å². The fourth-order valence-corrected chi connectivity index (χ4v) is 2.48. The Hall–Kier alpha value is -2.21. The van der Waals surface area contributed by atoms with Gasteiger partial charge >= 0.3 is 5.97 Å². The average Bonchev–Trinajstić information content (AvgIpc) is 2.90. The van der Waals surface area contributed by atoms with Crippen molar-refractivity contribution < 1.29 is 23.1 Å². The third-order valence-electron chi connectivity index (χ3n) is 3.60. The predicted molar refractivity (Wildman–Crippen MR) is 83.8 cm³/mol. The number of ether oxygens (including phenoxy) is 1. The molecular formula is C17H20FNO4. The van der Waals surface area contributed by atoms with Gasteiger partial charge in [0, 0.05) is 17.0 Å². The Morgan fingerprint density at radius 3 is 2.78 bits per heavy atom. The normalized spacial score (nSPS) is 13.7. The molecule has 0 radical (unpaired) electrons. The number of fused-ring (bicyclic) bond motifs is 1. The number of hydrogen-bond donors (Lipinski definition) is 1. The first-order valence-electron chi connectivity index (χ1n) is 7.58. The lowest BCUT2D eigenvalue weighted by molar-refractivity contribution is -0.146. The van der Waals surface area contributed by atoms with Gasteiger partial charge in [-0.05, 0) is 31.5 Å². The summed E-state index contributed by atoms with van der Waals surface area (Å²) in [4.78, 5) is 23.2. The molecule has 1 aromatic carbocycles. The zero-order valence-electron chi connectivity index (χ0n) is 13.2. The number of carbonyl (C=O) groups excluding carboxylic acids is 2.